The minimum Gasteiger partial charge on any atom is -0.507 e. The number of benzene rings is 1. The van der Waals surface area contributed by atoms with Gasteiger partial charge in [0.25, 0.3) is 5.91 Å². The zero-order chi connectivity index (χ0) is 13.1. The molecule has 1 aliphatic heterocycles. The zero-order valence-electron chi connectivity index (χ0n) is 9.92. The van der Waals surface area contributed by atoms with Gasteiger partial charge >= 0.3 is 0 Å². The number of rotatable bonds is 2. The monoisotopic (exact) mass is 240 g/mol. The lowest BCUT2D eigenvalue weighted by molar-refractivity contribution is -0.122. The maximum absolute atomic E-state index is 12.0. The van der Waals surface area contributed by atoms with E-state index < -0.39 is 0 Å². The molecule has 0 fully saturated rings. The van der Waals surface area contributed by atoms with Crippen molar-refractivity contribution in [1.82, 2.24) is 4.90 Å². The minimum absolute atomic E-state index is 0.112. The van der Waals surface area contributed by atoms with Crippen molar-refractivity contribution in [3.05, 3.63) is 35.5 Å². The SMILES string of the molecule is C#CCN1C(=O)/C(=C/c2ccccc2O)N=C1C. The largest absolute Gasteiger partial charge is 0.507 e. The Bertz CT molecular complexity index is 594. The number of phenolic OH excluding ortho intramolecular Hbond substituents is 1. The van der Waals surface area contributed by atoms with E-state index in [9.17, 15) is 9.90 Å². The molecule has 90 valence electrons. The Kier molecular flexibility index (Phi) is 3.16. The number of nitrogens with zero attached hydrogens (tertiary/aromatic N) is 2. The highest BCUT2D eigenvalue weighted by molar-refractivity contribution is 6.13. The summed E-state index contributed by atoms with van der Waals surface area (Å²) in [6.07, 6.45) is 6.75. The van der Waals surface area contributed by atoms with Gasteiger partial charge in [0.05, 0.1) is 6.54 Å². The maximum Gasteiger partial charge on any atom is 0.278 e. The molecule has 0 aromatic heterocycles. The van der Waals surface area contributed by atoms with Crippen LogP contribution in [-0.2, 0) is 4.79 Å². The molecule has 2 rings (SSSR count). The van der Waals surface area contributed by atoms with Crippen molar-refractivity contribution in [2.24, 2.45) is 4.99 Å². The van der Waals surface area contributed by atoms with Crippen LogP contribution in [0.2, 0.25) is 0 Å². The van der Waals surface area contributed by atoms with E-state index in [1.807, 2.05) is 0 Å². The summed E-state index contributed by atoms with van der Waals surface area (Å²) >= 11 is 0. The van der Waals surface area contributed by atoms with E-state index in [1.165, 1.54) is 4.90 Å². The van der Waals surface area contributed by atoms with Crippen LogP contribution >= 0.6 is 0 Å². The topological polar surface area (TPSA) is 52.9 Å². The highest BCUT2D eigenvalue weighted by Crippen LogP contribution is 2.22. The fourth-order valence-electron chi connectivity index (χ4n) is 1.70. The highest BCUT2D eigenvalue weighted by Gasteiger charge is 2.26. The second-order valence-electron chi connectivity index (χ2n) is 3.84. The number of phenols is 1. The van der Waals surface area contributed by atoms with Crippen molar-refractivity contribution in [3.63, 3.8) is 0 Å². The third-order valence-corrected chi connectivity index (χ3v) is 2.62. The molecule has 4 nitrogen and oxygen atoms in total. The van der Waals surface area contributed by atoms with Gasteiger partial charge in [-0.3, -0.25) is 9.69 Å². The number of carbonyl (C=O) groups is 1. The first-order chi connectivity index (χ1) is 8.63. The number of hydrogen-bond acceptors (Lipinski definition) is 3. The van der Waals surface area contributed by atoms with Crippen LogP contribution in [0.4, 0.5) is 0 Å². The summed E-state index contributed by atoms with van der Waals surface area (Å²) in [6.45, 7) is 1.92. The van der Waals surface area contributed by atoms with E-state index in [0.29, 0.717) is 11.4 Å². The first kappa shape index (κ1) is 11.9. The maximum atomic E-state index is 12.0. The number of para-hydroxylation sites is 1. The summed E-state index contributed by atoms with van der Waals surface area (Å²) in [5.74, 6) is 2.85. The average Bonchev–Trinajstić information content (AvgIpc) is 2.60. The quantitative estimate of drug-likeness (QED) is 0.631. The van der Waals surface area contributed by atoms with Gasteiger partial charge < -0.3 is 5.11 Å². The number of amidine groups is 1. The molecule has 1 aromatic carbocycles. The van der Waals surface area contributed by atoms with Crippen molar-refractivity contribution in [2.75, 3.05) is 6.54 Å². The molecule has 4 heteroatoms. The number of aliphatic imine (C=N–C) groups is 1. The van der Waals surface area contributed by atoms with E-state index in [2.05, 4.69) is 10.9 Å². The summed E-state index contributed by atoms with van der Waals surface area (Å²) < 4.78 is 0. The first-order valence-electron chi connectivity index (χ1n) is 5.44. The van der Waals surface area contributed by atoms with Crippen LogP contribution in [0.1, 0.15) is 12.5 Å². The lowest BCUT2D eigenvalue weighted by Gasteiger charge is -2.10. The van der Waals surface area contributed by atoms with E-state index >= 15 is 0 Å². The van der Waals surface area contributed by atoms with Gasteiger partial charge in [-0.25, -0.2) is 4.99 Å². The number of hydrogen-bond donors (Lipinski definition) is 1. The molecule has 0 unspecified atom stereocenters. The molecule has 1 N–H and O–H groups in total. The summed E-state index contributed by atoms with van der Waals surface area (Å²) in [5.41, 5.74) is 0.837. The zero-order valence-corrected chi connectivity index (χ0v) is 9.92. The molecular formula is C14H12N2O2. The van der Waals surface area contributed by atoms with Gasteiger partial charge in [0.2, 0.25) is 0 Å². The first-order valence-corrected chi connectivity index (χ1v) is 5.44. The van der Waals surface area contributed by atoms with Crippen molar-refractivity contribution in [2.45, 2.75) is 6.92 Å². The summed E-state index contributed by atoms with van der Waals surface area (Å²) in [7, 11) is 0. The molecule has 0 saturated heterocycles. The van der Waals surface area contributed by atoms with Crippen molar-refractivity contribution >= 4 is 17.8 Å². The average molecular weight is 240 g/mol. The molecule has 1 aromatic rings. The van der Waals surface area contributed by atoms with E-state index in [-0.39, 0.29) is 23.9 Å². The van der Waals surface area contributed by atoms with Gasteiger partial charge in [0.15, 0.2) is 0 Å². The van der Waals surface area contributed by atoms with Gasteiger partial charge in [-0.15, -0.1) is 6.42 Å². The molecule has 0 atom stereocenters. The molecule has 1 amide bonds. The molecule has 1 heterocycles. The Morgan fingerprint density at radius 2 is 2.22 bits per heavy atom. The van der Waals surface area contributed by atoms with Crippen LogP contribution in [0, 0.1) is 12.3 Å². The molecule has 0 spiro atoms. The number of terminal acetylenes is 1. The van der Waals surface area contributed by atoms with Gasteiger partial charge in [0.1, 0.15) is 17.3 Å². The fraction of sp³-hybridized carbons (Fsp3) is 0.143. The smallest absolute Gasteiger partial charge is 0.278 e. The van der Waals surface area contributed by atoms with Crippen LogP contribution in [0.25, 0.3) is 6.08 Å². The van der Waals surface area contributed by atoms with E-state index in [0.717, 1.165) is 0 Å². The Balaban J connectivity index is 2.35. The molecular weight excluding hydrogens is 228 g/mol. The molecule has 0 aliphatic carbocycles. The summed E-state index contributed by atoms with van der Waals surface area (Å²) in [5, 5.41) is 9.64. The Morgan fingerprint density at radius 1 is 1.50 bits per heavy atom. The van der Waals surface area contributed by atoms with Gasteiger partial charge in [-0.1, -0.05) is 24.1 Å². The van der Waals surface area contributed by atoms with Gasteiger partial charge in [-0.05, 0) is 19.1 Å². The van der Waals surface area contributed by atoms with Crippen molar-refractivity contribution in [1.29, 1.82) is 0 Å². The van der Waals surface area contributed by atoms with Gasteiger partial charge in [-0.2, -0.15) is 0 Å². The molecule has 0 bridgehead atoms. The van der Waals surface area contributed by atoms with Crippen LogP contribution in [0.3, 0.4) is 0 Å². The third kappa shape index (κ3) is 2.11. The van der Waals surface area contributed by atoms with Crippen LogP contribution in [-0.4, -0.2) is 28.3 Å². The predicted octanol–water partition coefficient (Wildman–Crippen LogP) is 1.63. The number of aromatic hydroxyl groups is 1. The predicted molar refractivity (Wildman–Crippen MR) is 69.7 cm³/mol. The lowest BCUT2D eigenvalue weighted by Crippen LogP contribution is -2.30. The van der Waals surface area contributed by atoms with Crippen molar-refractivity contribution < 1.29 is 9.90 Å². The van der Waals surface area contributed by atoms with Crippen LogP contribution in [0.5, 0.6) is 5.75 Å². The molecule has 0 radical (unpaired) electrons. The highest BCUT2D eigenvalue weighted by atomic mass is 16.3. The minimum atomic E-state index is -0.242. The second kappa shape index (κ2) is 4.76. The molecule has 18 heavy (non-hydrogen) atoms. The van der Waals surface area contributed by atoms with Crippen LogP contribution < -0.4 is 0 Å². The van der Waals surface area contributed by atoms with E-state index in [1.54, 1.807) is 37.3 Å². The Morgan fingerprint density at radius 3 is 2.89 bits per heavy atom. The second-order valence-corrected chi connectivity index (χ2v) is 3.84. The number of carbonyl (C=O) groups excluding carboxylic acids is 1. The summed E-state index contributed by atoms with van der Waals surface area (Å²) in [6, 6.07) is 6.76. The summed E-state index contributed by atoms with van der Waals surface area (Å²) in [4.78, 5) is 17.6. The van der Waals surface area contributed by atoms with E-state index in [4.69, 9.17) is 6.42 Å². The Labute approximate surface area is 105 Å². The third-order valence-electron chi connectivity index (χ3n) is 2.62. The lowest BCUT2D eigenvalue weighted by atomic mass is 10.1. The molecule has 1 aliphatic rings. The normalized spacial score (nSPS) is 16.9. The standard InChI is InChI=1S/C14H12N2O2/c1-3-8-16-10(2)15-12(14(16)18)9-11-6-4-5-7-13(11)17/h1,4-7,9,17H,8H2,2H3/b12-9-. The van der Waals surface area contributed by atoms with Crippen LogP contribution in [0.15, 0.2) is 35.0 Å². The Hall–Kier alpha value is -2.54. The fourth-order valence-corrected chi connectivity index (χ4v) is 1.70. The van der Waals surface area contributed by atoms with Crippen molar-refractivity contribution in [3.8, 4) is 18.1 Å². The number of amides is 1. The van der Waals surface area contributed by atoms with Gasteiger partial charge in [0, 0.05) is 5.56 Å². The molecule has 0 saturated carbocycles.